The highest BCUT2D eigenvalue weighted by Crippen LogP contribution is 2.17. The van der Waals surface area contributed by atoms with Gasteiger partial charge >= 0.3 is 0 Å². The number of rotatable bonds is 4. The Balaban J connectivity index is 2.07. The predicted octanol–water partition coefficient (Wildman–Crippen LogP) is 1.90. The number of nitrogens with zero attached hydrogens (tertiary/aromatic N) is 1. The molecular formula is C14H21FN2O. The van der Waals surface area contributed by atoms with Gasteiger partial charge in [-0.25, -0.2) is 4.39 Å². The van der Waals surface area contributed by atoms with Gasteiger partial charge in [0.2, 0.25) is 0 Å². The normalized spacial score (nSPS) is 21.2. The smallest absolute Gasteiger partial charge is 0.128 e. The van der Waals surface area contributed by atoms with Crippen LogP contribution in [0.1, 0.15) is 24.5 Å². The summed E-state index contributed by atoms with van der Waals surface area (Å²) >= 11 is 0. The van der Waals surface area contributed by atoms with Crippen LogP contribution in [0.15, 0.2) is 18.2 Å². The first-order valence-electron chi connectivity index (χ1n) is 6.53. The Morgan fingerprint density at radius 1 is 1.50 bits per heavy atom. The van der Waals surface area contributed by atoms with Gasteiger partial charge in [0.1, 0.15) is 5.82 Å². The molecule has 0 spiro atoms. The maximum Gasteiger partial charge on any atom is 0.128 e. The molecule has 100 valence electrons. The molecule has 0 amide bonds. The number of ether oxygens (including phenoxy) is 1. The van der Waals surface area contributed by atoms with Gasteiger partial charge in [0, 0.05) is 31.2 Å². The first-order valence-corrected chi connectivity index (χ1v) is 6.53. The van der Waals surface area contributed by atoms with Crippen LogP contribution in [0.2, 0.25) is 0 Å². The molecule has 3 nitrogen and oxygen atoms in total. The molecule has 0 radical (unpaired) electrons. The number of halogens is 1. The average Bonchev–Trinajstić information content (AvgIpc) is 2.41. The van der Waals surface area contributed by atoms with Crippen LogP contribution >= 0.6 is 0 Å². The van der Waals surface area contributed by atoms with E-state index in [1.54, 1.807) is 0 Å². The van der Waals surface area contributed by atoms with Crippen LogP contribution in [0.3, 0.4) is 0 Å². The minimum absolute atomic E-state index is 0.153. The largest absolute Gasteiger partial charge is 0.378 e. The Bertz CT molecular complexity index is 397. The van der Waals surface area contributed by atoms with Gasteiger partial charge < -0.3 is 10.5 Å². The van der Waals surface area contributed by atoms with Gasteiger partial charge in [0.25, 0.3) is 0 Å². The maximum absolute atomic E-state index is 13.9. The highest BCUT2D eigenvalue weighted by atomic mass is 19.1. The summed E-state index contributed by atoms with van der Waals surface area (Å²) < 4.78 is 19.4. The summed E-state index contributed by atoms with van der Waals surface area (Å²) in [7, 11) is 0. The number of hydrogen-bond donors (Lipinski definition) is 1. The molecule has 0 aromatic heterocycles. The standard InChI is InChI=1S/C14H21FN2O/c1-2-13-10-18-6-5-17(13)9-12-4-3-11(8-16)7-14(12)15/h3-4,7,13H,2,5-6,8-10,16H2,1H3. The third kappa shape index (κ3) is 3.07. The first-order chi connectivity index (χ1) is 8.74. The van der Waals surface area contributed by atoms with Crippen LogP contribution in [0.5, 0.6) is 0 Å². The summed E-state index contributed by atoms with van der Waals surface area (Å²) in [6.07, 6.45) is 1.03. The SMILES string of the molecule is CCC1COCCN1Cc1ccc(CN)cc1F. The first kappa shape index (κ1) is 13.5. The van der Waals surface area contributed by atoms with E-state index in [0.717, 1.165) is 37.3 Å². The van der Waals surface area contributed by atoms with Crippen molar-refractivity contribution < 1.29 is 9.13 Å². The van der Waals surface area contributed by atoms with Crippen molar-refractivity contribution in [3.05, 3.63) is 35.1 Å². The summed E-state index contributed by atoms with van der Waals surface area (Å²) in [5, 5.41) is 0. The van der Waals surface area contributed by atoms with Crippen molar-refractivity contribution in [2.75, 3.05) is 19.8 Å². The van der Waals surface area contributed by atoms with E-state index in [-0.39, 0.29) is 5.82 Å². The van der Waals surface area contributed by atoms with Crippen LogP contribution in [0.4, 0.5) is 4.39 Å². The number of benzene rings is 1. The number of hydrogen-bond acceptors (Lipinski definition) is 3. The van der Waals surface area contributed by atoms with E-state index in [0.29, 0.717) is 19.1 Å². The van der Waals surface area contributed by atoms with Gasteiger partial charge in [0.05, 0.1) is 13.2 Å². The molecule has 1 atom stereocenters. The summed E-state index contributed by atoms with van der Waals surface area (Å²) in [5.41, 5.74) is 7.08. The lowest BCUT2D eigenvalue weighted by molar-refractivity contribution is -0.0131. The highest BCUT2D eigenvalue weighted by molar-refractivity contribution is 5.24. The van der Waals surface area contributed by atoms with Gasteiger partial charge in [-0.2, -0.15) is 0 Å². The molecule has 0 aliphatic carbocycles. The monoisotopic (exact) mass is 252 g/mol. The molecule has 2 N–H and O–H groups in total. The van der Waals surface area contributed by atoms with Crippen molar-refractivity contribution >= 4 is 0 Å². The fraction of sp³-hybridized carbons (Fsp3) is 0.571. The van der Waals surface area contributed by atoms with Crippen LogP contribution < -0.4 is 5.73 Å². The quantitative estimate of drug-likeness (QED) is 0.889. The molecule has 1 aromatic carbocycles. The highest BCUT2D eigenvalue weighted by Gasteiger charge is 2.22. The molecule has 4 heteroatoms. The topological polar surface area (TPSA) is 38.5 Å². The second-order valence-electron chi connectivity index (χ2n) is 4.74. The van der Waals surface area contributed by atoms with Crippen molar-refractivity contribution in [3.8, 4) is 0 Å². The Hall–Kier alpha value is -0.970. The van der Waals surface area contributed by atoms with E-state index in [1.807, 2.05) is 12.1 Å². The lowest BCUT2D eigenvalue weighted by atomic mass is 10.1. The lowest BCUT2D eigenvalue weighted by Crippen LogP contribution is -2.44. The minimum atomic E-state index is -0.153. The van der Waals surface area contributed by atoms with E-state index < -0.39 is 0 Å². The van der Waals surface area contributed by atoms with Crippen LogP contribution in [-0.4, -0.2) is 30.7 Å². The average molecular weight is 252 g/mol. The van der Waals surface area contributed by atoms with Crippen molar-refractivity contribution in [2.45, 2.75) is 32.5 Å². The molecule has 0 bridgehead atoms. The Labute approximate surface area is 108 Å². The van der Waals surface area contributed by atoms with Gasteiger partial charge in [-0.15, -0.1) is 0 Å². The van der Waals surface area contributed by atoms with Crippen molar-refractivity contribution in [3.63, 3.8) is 0 Å². The minimum Gasteiger partial charge on any atom is -0.378 e. The van der Waals surface area contributed by atoms with E-state index in [2.05, 4.69) is 11.8 Å². The zero-order valence-electron chi connectivity index (χ0n) is 10.9. The van der Waals surface area contributed by atoms with Crippen molar-refractivity contribution in [1.29, 1.82) is 0 Å². The second kappa shape index (κ2) is 6.27. The number of morpholine rings is 1. The molecule has 0 saturated carbocycles. The molecule has 18 heavy (non-hydrogen) atoms. The molecule has 1 heterocycles. The summed E-state index contributed by atoms with van der Waals surface area (Å²) in [4.78, 5) is 2.30. The summed E-state index contributed by atoms with van der Waals surface area (Å²) in [6.45, 7) is 5.53. The third-order valence-corrected chi connectivity index (χ3v) is 3.55. The van der Waals surface area contributed by atoms with E-state index in [9.17, 15) is 4.39 Å². The Kier molecular flexibility index (Phi) is 4.69. The molecule has 1 aromatic rings. The number of nitrogens with two attached hydrogens (primary N) is 1. The molecule has 1 fully saturated rings. The Morgan fingerprint density at radius 2 is 2.33 bits per heavy atom. The van der Waals surface area contributed by atoms with Crippen LogP contribution in [-0.2, 0) is 17.8 Å². The van der Waals surface area contributed by atoms with Gasteiger partial charge in [0.15, 0.2) is 0 Å². The van der Waals surface area contributed by atoms with Crippen LogP contribution in [0, 0.1) is 5.82 Å². The molecule has 2 rings (SSSR count). The zero-order valence-corrected chi connectivity index (χ0v) is 10.9. The predicted molar refractivity (Wildman–Crippen MR) is 69.6 cm³/mol. The molecule has 1 aliphatic heterocycles. The molecule has 1 unspecified atom stereocenters. The van der Waals surface area contributed by atoms with Crippen molar-refractivity contribution in [1.82, 2.24) is 4.90 Å². The fourth-order valence-corrected chi connectivity index (χ4v) is 2.34. The second-order valence-corrected chi connectivity index (χ2v) is 4.74. The van der Waals surface area contributed by atoms with E-state index >= 15 is 0 Å². The van der Waals surface area contributed by atoms with Crippen molar-refractivity contribution in [2.24, 2.45) is 5.73 Å². The van der Waals surface area contributed by atoms with E-state index in [4.69, 9.17) is 10.5 Å². The summed E-state index contributed by atoms with van der Waals surface area (Å²) in [6, 6.07) is 5.68. The molecular weight excluding hydrogens is 231 g/mol. The van der Waals surface area contributed by atoms with Gasteiger partial charge in [-0.1, -0.05) is 19.1 Å². The maximum atomic E-state index is 13.9. The lowest BCUT2D eigenvalue weighted by Gasteiger charge is -2.35. The van der Waals surface area contributed by atoms with Gasteiger partial charge in [-0.3, -0.25) is 4.90 Å². The molecule has 1 aliphatic rings. The molecule has 1 saturated heterocycles. The Morgan fingerprint density at radius 3 is 3.00 bits per heavy atom. The summed E-state index contributed by atoms with van der Waals surface area (Å²) in [5.74, 6) is -0.153. The van der Waals surface area contributed by atoms with Gasteiger partial charge in [-0.05, 0) is 18.1 Å². The van der Waals surface area contributed by atoms with E-state index in [1.165, 1.54) is 6.07 Å². The third-order valence-electron chi connectivity index (χ3n) is 3.55. The fourth-order valence-electron chi connectivity index (χ4n) is 2.34. The van der Waals surface area contributed by atoms with Crippen LogP contribution in [0.25, 0.3) is 0 Å². The zero-order chi connectivity index (χ0) is 13.0.